The normalized spacial score (nSPS) is 11.6. The molecule has 1 aromatic carbocycles. The number of carbonyl (C=O) groups excluding carboxylic acids is 2. The fraction of sp³-hybridized carbons (Fsp3) is 0.429. The Morgan fingerprint density at radius 3 is 2.52 bits per heavy atom. The highest BCUT2D eigenvalue weighted by molar-refractivity contribution is 5.95. The predicted octanol–water partition coefficient (Wildman–Crippen LogP) is 0.114. The van der Waals surface area contributed by atoms with Crippen molar-refractivity contribution in [2.24, 2.45) is 5.73 Å². The van der Waals surface area contributed by atoms with E-state index in [0.29, 0.717) is 12.3 Å². The molecule has 0 bridgehead atoms. The maximum atomic E-state index is 11.7. The number of rotatable bonds is 8. The number of nitrogens with two attached hydrogens (primary N) is 1. The van der Waals surface area contributed by atoms with Gasteiger partial charge >= 0.3 is 0 Å². The molecule has 0 fully saturated rings. The molecule has 0 heterocycles. The van der Waals surface area contributed by atoms with Crippen LogP contribution in [-0.2, 0) is 14.3 Å². The first-order valence-electron chi connectivity index (χ1n) is 6.61. The zero-order chi connectivity index (χ0) is 15.7. The molecule has 7 nitrogen and oxygen atoms in total. The van der Waals surface area contributed by atoms with E-state index in [-0.39, 0.29) is 19.1 Å². The number of carbonyl (C=O) groups is 2. The smallest absolute Gasteiger partial charge is 0.243 e. The van der Waals surface area contributed by atoms with Crippen molar-refractivity contribution in [2.45, 2.75) is 13.0 Å². The lowest BCUT2D eigenvalue weighted by atomic mass is 10.3. The van der Waals surface area contributed by atoms with E-state index in [9.17, 15) is 9.59 Å². The SMILES string of the molecule is CCOc1ccc(NC(=O)CNC(=O)C(N)COC)cc1. The number of hydrogen-bond donors (Lipinski definition) is 3. The summed E-state index contributed by atoms with van der Waals surface area (Å²) in [5.41, 5.74) is 6.15. The second kappa shape index (κ2) is 8.93. The van der Waals surface area contributed by atoms with Crippen molar-refractivity contribution in [3.05, 3.63) is 24.3 Å². The number of nitrogens with one attached hydrogen (secondary N) is 2. The van der Waals surface area contributed by atoms with Crippen LogP contribution >= 0.6 is 0 Å². The number of ether oxygens (including phenoxy) is 2. The Labute approximate surface area is 123 Å². The summed E-state index contributed by atoms with van der Waals surface area (Å²) in [4.78, 5) is 23.2. The molecule has 0 aliphatic heterocycles. The van der Waals surface area contributed by atoms with Gasteiger partial charge in [-0.3, -0.25) is 9.59 Å². The molecule has 21 heavy (non-hydrogen) atoms. The van der Waals surface area contributed by atoms with Crippen LogP contribution in [0.4, 0.5) is 5.69 Å². The lowest BCUT2D eigenvalue weighted by Crippen LogP contribution is -2.45. The third kappa shape index (κ3) is 6.24. The van der Waals surface area contributed by atoms with E-state index in [1.54, 1.807) is 24.3 Å². The van der Waals surface area contributed by atoms with Gasteiger partial charge in [0.25, 0.3) is 0 Å². The van der Waals surface area contributed by atoms with Crippen molar-refractivity contribution >= 4 is 17.5 Å². The van der Waals surface area contributed by atoms with E-state index in [2.05, 4.69) is 10.6 Å². The van der Waals surface area contributed by atoms with Gasteiger partial charge in [0, 0.05) is 12.8 Å². The molecule has 0 saturated heterocycles. The Balaban J connectivity index is 2.38. The molecule has 0 radical (unpaired) electrons. The Morgan fingerprint density at radius 1 is 1.29 bits per heavy atom. The van der Waals surface area contributed by atoms with Gasteiger partial charge in [0.05, 0.1) is 19.8 Å². The third-order valence-electron chi connectivity index (χ3n) is 2.56. The first kappa shape index (κ1) is 16.9. The number of amides is 2. The molecule has 1 rings (SSSR count). The van der Waals surface area contributed by atoms with Crippen molar-refractivity contribution in [2.75, 3.05) is 32.2 Å². The van der Waals surface area contributed by atoms with E-state index >= 15 is 0 Å². The summed E-state index contributed by atoms with van der Waals surface area (Å²) in [6, 6.07) is 6.18. The third-order valence-corrected chi connectivity index (χ3v) is 2.56. The van der Waals surface area contributed by atoms with E-state index in [1.165, 1.54) is 7.11 Å². The number of benzene rings is 1. The van der Waals surface area contributed by atoms with Crippen molar-refractivity contribution < 1.29 is 19.1 Å². The largest absolute Gasteiger partial charge is 0.494 e. The molecule has 0 spiro atoms. The molecule has 0 aromatic heterocycles. The van der Waals surface area contributed by atoms with Crippen molar-refractivity contribution in [3.8, 4) is 5.75 Å². The highest BCUT2D eigenvalue weighted by Crippen LogP contribution is 2.15. The number of hydrogen-bond acceptors (Lipinski definition) is 5. The minimum atomic E-state index is -0.784. The predicted molar refractivity (Wildman–Crippen MR) is 79.1 cm³/mol. The van der Waals surface area contributed by atoms with Crippen LogP contribution in [0.2, 0.25) is 0 Å². The molecule has 0 saturated carbocycles. The van der Waals surface area contributed by atoms with Gasteiger partial charge in [0.15, 0.2) is 0 Å². The Hall–Kier alpha value is -2.12. The van der Waals surface area contributed by atoms with Crippen LogP contribution in [0, 0.1) is 0 Å². The zero-order valence-electron chi connectivity index (χ0n) is 12.2. The fourth-order valence-corrected chi connectivity index (χ4v) is 1.56. The summed E-state index contributed by atoms with van der Waals surface area (Å²) >= 11 is 0. The topological polar surface area (TPSA) is 103 Å². The second-order valence-corrected chi connectivity index (χ2v) is 4.29. The first-order valence-corrected chi connectivity index (χ1v) is 6.61. The van der Waals surface area contributed by atoms with E-state index < -0.39 is 11.9 Å². The molecule has 1 aromatic rings. The van der Waals surface area contributed by atoms with Crippen molar-refractivity contribution in [1.29, 1.82) is 0 Å². The second-order valence-electron chi connectivity index (χ2n) is 4.29. The maximum Gasteiger partial charge on any atom is 0.243 e. The first-order chi connectivity index (χ1) is 10.1. The summed E-state index contributed by atoms with van der Waals surface area (Å²) in [7, 11) is 1.45. The van der Waals surface area contributed by atoms with Gasteiger partial charge < -0.3 is 25.8 Å². The molecule has 0 aliphatic rings. The Morgan fingerprint density at radius 2 is 1.95 bits per heavy atom. The van der Waals surface area contributed by atoms with Gasteiger partial charge in [0.2, 0.25) is 11.8 Å². The molecule has 1 atom stereocenters. The van der Waals surface area contributed by atoms with Crippen LogP contribution in [0.1, 0.15) is 6.92 Å². The van der Waals surface area contributed by atoms with Crippen LogP contribution in [0.3, 0.4) is 0 Å². The average Bonchev–Trinajstić information content (AvgIpc) is 2.47. The summed E-state index contributed by atoms with van der Waals surface area (Å²) < 4.78 is 10.1. The van der Waals surface area contributed by atoms with Gasteiger partial charge in [-0.05, 0) is 31.2 Å². The van der Waals surface area contributed by atoms with E-state index in [4.69, 9.17) is 15.2 Å². The lowest BCUT2D eigenvalue weighted by Gasteiger charge is -2.11. The summed E-state index contributed by atoms with van der Waals surface area (Å²) in [6.07, 6.45) is 0. The Kier molecular flexibility index (Phi) is 7.20. The van der Waals surface area contributed by atoms with Crippen molar-refractivity contribution in [1.82, 2.24) is 5.32 Å². The molecule has 2 amide bonds. The monoisotopic (exact) mass is 295 g/mol. The number of anilines is 1. The van der Waals surface area contributed by atoms with Crippen molar-refractivity contribution in [3.63, 3.8) is 0 Å². The fourth-order valence-electron chi connectivity index (χ4n) is 1.56. The van der Waals surface area contributed by atoms with Gasteiger partial charge in [-0.1, -0.05) is 0 Å². The molecule has 4 N–H and O–H groups in total. The molecule has 116 valence electrons. The van der Waals surface area contributed by atoms with Gasteiger partial charge in [0.1, 0.15) is 11.8 Å². The van der Waals surface area contributed by atoms with Crippen LogP contribution in [-0.4, -0.2) is 44.7 Å². The number of methoxy groups -OCH3 is 1. The summed E-state index contributed by atoms with van der Waals surface area (Å²) in [6.45, 7) is 2.43. The molecule has 7 heteroatoms. The van der Waals surface area contributed by atoms with E-state index in [1.807, 2.05) is 6.92 Å². The van der Waals surface area contributed by atoms with Crippen LogP contribution < -0.4 is 21.1 Å². The molecular weight excluding hydrogens is 274 g/mol. The summed E-state index contributed by atoms with van der Waals surface area (Å²) in [5, 5.41) is 5.09. The maximum absolute atomic E-state index is 11.7. The molecular formula is C14H21N3O4. The van der Waals surface area contributed by atoms with Crippen LogP contribution in [0.25, 0.3) is 0 Å². The standard InChI is InChI=1S/C14H21N3O4/c1-3-21-11-6-4-10(5-7-11)17-13(18)8-16-14(19)12(15)9-20-2/h4-7,12H,3,8-9,15H2,1-2H3,(H,16,19)(H,17,18). The quantitative estimate of drug-likeness (QED) is 0.632. The minimum Gasteiger partial charge on any atom is -0.494 e. The van der Waals surface area contributed by atoms with Gasteiger partial charge in [-0.25, -0.2) is 0 Å². The summed E-state index contributed by atoms with van der Waals surface area (Å²) in [5.74, 6) is -0.0369. The highest BCUT2D eigenvalue weighted by atomic mass is 16.5. The molecule has 0 aliphatic carbocycles. The Bertz CT molecular complexity index is 462. The van der Waals surface area contributed by atoms with Crippen LogP contribution in [0.15, 0.2) is 24.3 Å². The minimum absolute atomic E-state index is 0.104. The van der Waals surface area contributed by atoms with Crippen LogP contribution in [0.5, 0.6) is 5.75 Å². The van der Waals surface area contributed by atoms with E-state index in [0.717, 1.165) is 5.75 Å². The average molecular weight is 295 g/mol. The lowest BCUT2D eigenvalue weighted by molar-refractivity contribution is -0.126. The molecule has 1 unspecified atom stereocenters. The zero-order valence-corrected chi connectivity index (χ0v) is 12.2. The van der Waals surface area contributed by atoms with Gasteiger partial charge in [-0.15, -0.1) is 0 Å². The van der Waals surface area contributed by atoms with Gasteiger partial charge in [-0.2, -0.15) is 0 Å². The highest BCUT2D eigenvalue weighted by Gasteiger charge is 2.13.